The van der Waals surface area contributed by atoms with Crippen LogP contribution in [0, 0.1) is 6.92 Å². The predicted octanol–water partition coefficient (Wildman–Crippen LogP) is 4.83. The smallest absolute Gasteiger partial charge is 0.138 e. The Morgan fingerprint density at radius 2 is 1.74 bits per heavy atom. The van der Waals surface area contributed by atoms with Crippen molar-refractivity contribution in [1.82, 2.24) is 10.2 Å². The normalized spacial score (nSPS) is 10.6. The molecule has 2 aromatic carbocycles. The highest BCUT2D eigenvalue weighted by Gasteiger charge is 2.10. The molecule has 3 rings (SSSR count). The molecule has 0 saturated heterocycles. The topological polar surface area (TPSA) is 25.8 Å². The summed E-state index contributed by atoms with van der Waals surface area (Å²) in [5.74, 6) is 0. The summed E-state index contributed by atoms with van der Waals surface area (Å²) in [5, 5.41) is 11.0. The molecule has 0 amide bonds. The number of benzene rings is 2. The molecule has 3 aromatic rings. The molecule has 94 valence electrons. The van der Waals surface area contributed by atoms with E-state index in [1.165, 1.54) is 5.56 Å². The van der Waals surface area contributed by atoms with Crippen LogP contribution in [-0.4, -0.2) is 10.2 Å². The SMILES string of the molecule is Cc1cccc(-c2nnc(-c3ccccc3Cl)s2)c1. The number of hydrogen-bond acceptors (Lipinski definition) is 3. The number of aryl methyl sites for hydroxylation is 1. The van der Waals surface area contributed by atoms with E-state index < -0.39 is 0 Å². The van der Waals surface area contributed by atoms with Crippen molar-refractivity contribution in [2.45, 2.75) is 6.92 Å². The lowest BCUT2D eigenvalue weighted by atomic mass is 10.1. The lowest BCUT2D eigenvalue weighted by molar-refractivity contribution is 1.10. The molecule has 4 heteroatoms. The molecule has 0 radical (unpaired) electrons. The van der Waals surface area contributed by atoms with Gasteiger partial charge in [-0.15, -0.1) is 10.2 Å². The van der Waals surface area contributed by atoms with Crippen molar-refractivity contribution in [1.29, 1.82) is 0 Å². The Kier molecular flexibility index (Phi) is 3.32. The summed E-state index contributed by atoms with van der Waals surface area (Å²) in [4.78, 5) is 0. The van der Waals surface area contributed by atoms with E-state index in [1.54, 1.807) is 11.3 Å². The highest BCUT2D eigenvalue weighted by atomic mass is 35.5. The Morgan fingerprint density at radius 1 is 0.947 bits per heavy atom. The molecule has 0 spiro atoms. The fourth-order valence-corrected chi connectivity index (χ4v) is 3.02. The maximum Gasteiger partial charge on any atom is 0.149 e. The molecular formula is C15H11ClN2S. The Morgan fingerprint density at radius 3 is 2.53 bits per heavy atom. The Hall–Kier alpha value is -1.71. The molecule has 0 atom stereocenters. The minimum atomic E-state index is 0.703. The zero-order chi connectivity index (χ0) is 13.2. The van der Waals surface area contributed by atoms with Gasteiger partial charge >= 0.3 is 0 Å². The van der Waals surface area contributed by atoms with E-state index in [2.05, 4.69) is 29.3 Å². The molecular weight excluding hydrogens is 276 g/mol. The Balaban J connectivity index is 2.03. The number of aromatic nitrogens is 2. The first-order valence-corrected chi connectivity index (χ1v) is 7.09. The highest BCUT2D eigenvalue weighted by molar-refractivity contribution is 7.18. The van der Waals surface area contributed by atoms with Crippen LogP contribution >= 0.6 is 22.9 Å². The molecule has 0 aliphatic carbocycles. The van der Waals surface area contributed by atoms with Gasteiger partial charge in [-0.2, -0.15) is 0 Å². The summed E-state index contributed by atoms with van der Waals surface area (Å²) < 4.78 is 0. The highest BCUT2D eigenvalue weighted by Crippen LogP contribution is 2.33. The van der Waals surface area contributed by atoms with Crippen molar-refractivity contribution in [3.8, 4) is 21.1 Å². The average Bonchev–Trinajstić information content (AvgIpc) is 2.89. The Labute approximate surface area is 120 Å². The fourth-order valence-electron chi connectivity index (χ4n) is 1.86. The first kappa shape index (κ1) is 12.3. The lowest BCUT2D eigenvalue weighted by Crippen LogP contribution is -1.79. The Bertz CT molecular complexity index is 721. The van der Waals surface area contributed by atoms with E-state index >= 15 is 0 Å². The summed E-state index contributed by atoms with van der Waals surface area (Å²) in [7, 11) is 0. The van der Waals surface area contributed by atoms with Gasteiger partial charge in [0.15, 0.2) is 0 Å². The maximum atomic E-state index is 6.18. The average molecular weight is 287 g/mol. The molecule has 0 aliphatic rings. The number of halogens is 1. The van der Waals surface area contributed by atoms with Gasteiger partial charge < -0.3 is 0 Å². The van der Waals surface area contributed by atoms with Crippen LogP contribution in [-0.2, 0) is 0 Å². The minimum Gasteiger partial charge on any atom is -0.138 e. The molecule has 1 heterocycles. The third kappa shape index (κ3) is 2.53. The molecule has 0 saturated carbocycles. The number of rotatable bonds is 2. The van der Waals surface area contributed by atoms with Crippen molar-refractivity contribution in [2.24, 2.45) is 0 Å². The molecule has 0 unspecified atom stereocenters. The number of nitrogens with zero attached hydrogens (tertiary/aromatic N) is 2. The van der Waals surface area contributed by atoms with Crippen LogP contribution in [0.5, 0.6) is 0 Å². The van der Waals surface area contributed by atoms with Gasteiger partial charge in [-0.3, -0.25) is 0 Å². The first-order chi connectivity index (χ1) is 9.24. The van der Waals surface area contributed by atoms with Crippen molar-refractivity contribution in [3.63, 3.8) is 0 Å². The standard InChI is InChI=1S/C15H11ClN2S/c1-10-5-4-6-11(9-10)14-17-18-15(19-14)12-7-2-3-8-13(12)16/h2-9H,1H3. The second kappa shape index (κ2) is 5.11. The lowest BCUT2D eigenvalue weighted by Gasteiger charge is -1.98. The van der Waals surface area contributed by atoms with Gasteiger partial charge in [0.05, 0.1) is 5.02 Å². The van der Waals surface area contributed by atoms with E-state index in [-0.39, 0.29) is 0 Å². The number of hydrogen-bond donors (Lipinski definition) is 0. The van der Waals surface area contributed by atoms with E-state index in [0.717, 1.165) is 21.1 Å². The van der Waals surface area contributed by atoms with Gasteiger partial charge in [0.1, 0.15) is 10.0 Å². The summed E-state index contributed by atoms with van der Waals surface area (Å²) >= 11 is 7.73. The van der Waals surface area contributed by atoms with Gasteiger partial charge in [-0.1, -0.05) is 64.9 Å². The van der Waals surface area contributed by atoms with Crippen LogP contribution in [0.3, 0.4) is 0 Å². The van der Waals surface area contributed by atoms with Crippen LogP contribution < -0.4 is 0 Å². The predicted molar refractivity (Wildman–Crippen MR) is 80.5 cm³/mol. The third-order valence-corrected chi connectivity index (χ3v) is 4.13. The van der Waals surface area contributed by atoms with E-state index in [0.29, 0.717) is 5.02 Å². The van der Waals surface area contributed by atoms with Crippen LogP contribution in [0.15, 0.2) is 48.5 Å². The molecule has 0 aliphatic heterocycles. The van der Waals surface area contributed by atoms with Crippen molar-refractivity contribution in [2.75, 3.05) is 0 Å². The summed E-state index contributed by atoms with van der Waals surface area (Å²) in [6, 6.07) is 15.9. The zero-order valence-electron chi connectivity index (χ0n) is 10.3. The van der Waals surface area contributed by atoms with E-state index in [4.69, 9.17) is 11.6 Å². The second-order valence-electron chi connectivity index (χ2n) is 4.26. The van der Waals surface area contributed by atoms with E-state index in [1.807, 2.05) is 36.4 Å². The van der Waals surface area contributed by atoms with Crippen LogP contribution in [0.4, 0.5) is 0 Å². The minimum absolute atomic E-state index is 0.703. The second-order valence-corrected chi connectivity index (χ2v) is 5.65. The summed E-state index contributed by atoms with van der Waals surface area (Å²) in [6.07, 6.45) is 0. The van der Waals surface area contributed by atoms with Gasteiger partial charge in [0, 0.05) is 11.1 Å². The van der Waals surface area contributed by atoms with Crippen molar-refractivity contribution >= 4 is 22.9 Å². The molecule has 0 fully saturated rings. The maximum absolute atomic E-state index is 6.18. The van der Waals surface area contributed by atoms with E-state index in [9.17, 15) is 0 Å². The van der Waals surface area contributed by atoms with Crippen LogP contribution in [0.2, 0.25) is 5.02 Å². The quantitative estimate of drug-likeness (QED) is 0.674. The molecule has 1 aromatic heterocycles. The third-order valence-electron chi connectivity index (χ3n) is 2.79. The summed E-state index contributed by atoms with van der Waals surface area (Å²) in [6.45, 7) is 2.07. The van der Waals surface area contributed by atoms with Gasteiger partial charge in [0.2, 0.25) is 0 Å². The van der Waals surface area contributed by atoms with Crippen LogP contribution in [0.1, 0.15) is 5.56 Å². The zero-order valence-corrected chi connectivity index (χ0v) is 11.9. The van der Waals surface area contributed by atoms with Crippen molar-refractivity contribution < 1.29 is 0 Å². The van der Waals surface area contributed by atoms with Crippen LogP contribution in [0.25, 0.3) is 21.1 Å². The van der Waals surface area contributed by atoms with Crippen molar-refractivity contribution in [3.05, 3.63) is 59.1 Å². The molecule has 2 nitrogen and oxygen atoms in total. The first-order valence-electron chi connectivity index (χ1n) is 5.89. The molecule has 0 bridgehead atoms. The van der Waals surface area contributed by atoms with Gasteiger partial charge in [-0.05, 0) is 19.1 Å². The largest absolute Gasteiger partial charge is 0.149 e. The molecule has 0 N–H and O–H groups in total. The summed E-state index contributed by atoms with van der Waals surface area (Å²) in [5.41, 5.74) is 3.24. The van der Waals surface area contributed by atoms with Gasteiger partial charge in [-0.25, -0.2) is 0 Å². The monoisotopic (exact) mass is 286 g/mol. The fraction of sp³-hybridized carbons (Fsp3) is 0.0667. The van der Waals surface area contributed by atoms with Gasteiger partial charge in [0.25, 0.3) is 0 Å². The molecule has 19 heavy (non-hydrogen) atoms.